The van der Waals surface area contributed by atoms with E-state index in [2.05, 4.69) is 5.32 Å². The first-order chi connectivity index (χ1) is 12.7. The van der Waals surface area contributed by atoms with E-state index in [1.54, 1.807) is 18.2 Å². The number of halogens is 2. The fourth-order valence-electron chi connectivity index (χ4n) is 2.51. The van der Waals surface area contributed by atoms with Gasteiger partial charge < -0.3 is 19.4 Å². The Morgan fingerprint density at radius 1 is 1.18 bits per heavy atom. The summed E-state index contributed by atoms with van der Waals surface area (Å²) in [6.45, 7) is 13.5. The smallest absolute Gasteiger partial charge is 0.444 e. The van der Waals surface area contributed by atoms with Gasteiger partial charge in [-0.15, -0.1) is 0 Å². The molecule has 2 rings (SSSR count). The van der Waals surface area contributed by atoms with Gasteiger partial charge in [-0.1, -0.05) is 29.3 Å². The minimum atomic E-state index is -0.644. The molecule has 1 fully saturated rings. The van der Waals surface area contributed by atoms with Gasteiger partial charge in [-0.3, -0.25) is 0 Å². The van der Waals surface area contributed by atoms with Crippen molar-refractivity contribution in [1.29, 1.82) is 0 Å². The summed E-state index contributed by atoms with van der Waals surface area (Å²) in [5.74, 6) is 0. The molecule has 1 amide bonds. The summed E-state index contributed by atoms with van der Waals surface area (Å²) in [4.78, 5) is 12.1. The average molecular weight is 428 g/mol. The van der Waals surface area contributed by atoms with Crippen LogP contribution in [0.15, 0.2) is 23.7 Å². The van der Waals surface area contributed by atoms with Crippen LogP contribution >= 0.6 is 23.2 Å². The van der Waals surface area contributed by atoms with Crippen molar-refractivity contribution in [3.63, 3.8) is 0 Å². The van der Waals surface area contributed by atoms with E-state index in [0.29, 0.717) is 21.1 Å². The number of carbonyl (C=O) groups excluding carboxylic acids is 1. The summed E-state index contributed by atoms with van der Waals surface area (Å²) >= 11 is 12.4. The molecule has 1 aromatic carbocycles. The Hall–Kier alpha value is -1.21. The van der Waals surface area contributed by atoms with Gasteiger partial charge in [-0.25, -0.2) is 4.79 Å². The maximum atomic E-state index is 12.1. The Morgan fingerprint density at radius 3 is 2.29 bits per heavy atom. The van der Waals surface area contributed by atoms with Crippen LogP contribution in [0.3, 0.4) is 0 Å². The molecule has 1 saturated heterocycles. The van der Waals surface area contributed by atoms with Crippen molar-refractivity contribution in [3.05, 3.63) is 39.3 Å². The zero-order valence-electron chi connectivity index (χ0n) is 17.5. The van der Waals surface area contributed by atoms with Crippen molar-refractivity contribution in [2.45, 2.75) is 65.3 Å². The van der Waals surface area contributed by atoms with E-state index >= 15 is 0 Å². The number of amides is 1. The Kier molecular flexibility index (Phi) is 6.81. The molecular formula is C20H28BCl2NO4. The lowest BCUT2D eigenvalue weighted by Gasteiger charge is -2.32. The van der Waals surface area contributed by atoms with Crippen LogP contribution in [0, 0.1) is 0 Å². The Morgan fingerprint density at radius 2 is 1.75 bits per heavy atom. The predicted octanol–water partition coefficient (Wildman–Crippen LogP) is 5.53. The van der Waals surface area contributed by atoms with Crippen LogP contribution in [0.1, 0.15) is 54.0 Å². The summed E-state index contributed by atoms with van der Waals surface area (Å²) in [6, 6.07) is 5.19. The maximum Gasteiger partial charge on any atom is 0.492 e. The van der Waals surface area contributed by atoms with Crippen LogP contribution in [-0.4, -0.2) is 36.6 Å². The van der Waals surface area contributed by atoms with Gasteiger partial charge in [0, 0.05) is 16.6 Å². The highest BCUT2D eigenvalue weighted by Gasteiger charge is 2.52. The molecular weight excluding hydrogens is 400 g/mol. The van der Waals surface area contributed by atoms with Crippen molar-refractivity contribution < 1.29 is 18.8 Å². The van der Waals surface area contributed by atoms with E-state index in [1.807, 2.05) is 54.5 Å². The second kappa shape index (κ2) is 8.27. The van der Waals surface area contributed by atoms with Crippen LogP contribution in [0.2, 0.25) is 10.0 Å². The zero-order valence-corrected chi connectivity index (χ0v) is 19.0. The van der Waals surface area contributed by atoms with Crippen molar-refractivity contribution in [3.8, 4) is 0 Å². The van der Waals surface area contributed by atoms with Crippen LogP contribution in [0.25, 0.3) is 6.08 Å². The fourth-order valence-corrected chi connectivity index (χ4v) is 2.86. The molecule has 0 spiro atoms. The van der Waals surface area contributed by atoms with Crippen LogP contribution in [0.4, 0.5) is 4.79 Å². The number of hydrogen-bond acceptors (Lipinski definition) is 4. The first kappa shape index (κ1) is 23.1. The first-order valence-electron chi connectivity index (χ1n) is 9.18. The van der Waals surface area contributed by atoms with E-state index in [1.165, 1.54) is 0 Å². The Balaban J connectivity index is 2.30. The minimum absolute atomic E-state index is 0.175. The molecule has 0 aliphatic carbocycles. The highest BCUT2D eigenvalue weighted by atomic mass is 35.5. The normalized spacial score (nSPS) is 18.9. The molecule has 1 aliphatic rings. The van der Waals surface area contributed by atoms with Gasteiger partial charge in [0.1, 0.15) is 5.60 Å². The maximum absolute atomic E-state index is 12.1. The minimum Gasteiger partial charge on any atom is -0.444 e. The van der Waals surface area contributed by atoms with E-state index < -0.39 is 30.0 Å². The summed E-state index contributed by atoms with van der Waals surface area (Å²) in [7, 11) is -0.644. The van der Waals surface area contributed by atoms with Gasteiger partial charge >= 0.3 is 13.2 Å². The number of nitrogens with one attached hydrogen (secondary N) is 1. The van der Waals surface area contributed by atoms with Crippen LogP contribution < -0.4 is 5.32 Å². The van der Waals surface area contributed by atoms with Gasteiger partial charge in [0.05, 0.1) is 11.2 Å². The molecule has 0 bridgehead atoms. The number of carbonyl (C=O) groups is 1. The van der Waals surface area contributed by atoms with Gasteiger partial charge in [0.25, 0.3) is 0 Å². The Bertz CT molecular complexity index is 756. The van der Waals surface area contributed by atoms with E-state index in [-0.39, 0.29) is 6.54 Å². The molecule has 1 heterocycles. The van der Waals surface area contributed by atoms with Crippen molar-refractivity contribution in [2.75, 3.05) is 6.54 Å². The molecule has 0 aromatic heterocycles. The van der Waals surface area contributed by atoms with E-state index in [4.69, 9.17) is 37.2 Å². The first-order valence-corrected chi connectivity index (χ1v) is 9.94. The third kappa shape index (κ3) is 5.90. The lowest BCUT2D eigenvalue weighted by atomic mass is 9.77. The molecule has 154 valence electrons. The monoisotopic (exact) mass is 427 g/mol. The quantitative estimate of drug-likeness (QED) is 0.641. The number of hydrogen-bond donors (Lipinski definition) is 1. The average Bonchev–Trinajstić information content (AvgIpc) is 2.73. The van der Waals surface area contributed by atoms with Gasteiger partial charge in [0.2, 0.25) is 0 Å². The molecule has 0 unspecified atom stereocenters. The summed E-state index contributed by atoms with van der Waals surface area (Å²) in [5, 5.41) is 3.86. The SMILES string of the molecule is CC(C)(C)OC(=O)NCC(=Cc1cc(Cl)ccc1Cl)B1OC(C)(C)C(C)(C)O1. The second-order valence-electron chi connectivity index (χ2n) is 8.83. The number of benzene rings is 1. The largest absolute Gasteiger partial charge is 0.492 e. The standard InChI is InChI=1S/C20H28BCl2NO4/c1-18(2,3)26-17(25)24-12-14(10-13-11-15(22)8-9-16(13)23)21-27-19(4,5)20(6,7)28-21/h8-11H,12H2,1-7H3,(H,24,25). The van der Waals surface area contributed by atoms with Crippen molar-refractivity contribution >= 4 is 42.5 Å². The molecule has 1 aliphatic heterocycles. The fraction of sp³-hybridized carbons (Fsp3) is 0.550. The van der Waals surface area contributed by atoms with Crippen molar-refractivity contribution in [2.24, 2.45) is 0 Å². The van der Waals surface area contributed by atoms with Gasteiger partial charge in [-0.05, 0) is 77.7 Å². The molecule has 5 nitrogen and oxygen atoms in total. The summed E-state index contributed by atoms with van der Waals surface area (Å²) in [6.07, 6.45) is 1.31. The van der Waals surface area contributed by atoms with E-state index in [9.17, 15) is 4.79 Å². The van der Waals surface area contributed by atoms with Crippen LogP contribution in [-0.2, 0) is 14.0 Å². The molecule has 0 saturated carbocycles. The predicted molar refractivity (Wildman–Crippen MR) is 115 cm³/mol. The third-order valence-corrected chi connectivity index (χ3v) is 5.27. The third-order valence-electron chi connectivity index (χ3n) is 4.69. The van der Waals surface area contributed by atoms with E-state index in [0.717, 1.165) is 0 Å². The highest BCUT2D eigenvalue weighted by Crippen LogP contribution is 2.39. The summed E-state index contributed by atoms with van der Waals surface area (Å²) in [5.41, 5.74) is -0.200. The molecule has 0 radical (unpaired) electrons. The number of alkyl carbamates (subject to hydrolysis) is 1. The zero-order chi connectivity index (χ0) is 21.3. The lowest BCUT2D eigenvalue weighted by Crippen LogP contribution is -2.41. The highest BCUT2D eigenvalue weighted by molar-refractivity contribution is 6.56. The van der Waals surface area contributed by atoms with Crippen molar-refractivity contribution in [1.82, 2.24) is 5.32 Å². The van der Waals surface area contributed by atoms with Crippen LogP contribution in [0.5, 0.6) is 0 Å². The molecule has 8 heteroatoms. The second-order valence-corrected chi connectivity index (χ2v) is 9.67. The Labute approximate surface area is 177 Å². The summed E-state index contributed by atoms with van der Waals surface area (Å²) < 4.78 is 17.6. The molecule has 0 atom stereocenters. The number of ether oxygens (including phenoxy) is 1. The topological polar surface area (TPSA) is 56.8 Å². The van der Waals surface area contributed by atoms with Gasteiger partial charge in [-0.2, -0.15) is 0 Å². The number of rotatable bonds is 4. The lowest BCUT2D eigenvalue weighted by molar-refractivity contribution is 0.00578. The molecule has 1 aromatic rings. The molecule has 28 heavy (non-hydrogen) atoms. The van der Waals surface area contributed by atoms with Gasteiger partial charge in [0.15, 0.2) is 0 Å². The molecule has 1 N–H and O–H groups in total.